The zero-order chi connectivity index (χ0) is 6.57. The monoisotopic (exact) mass is 110 g/mol. The number of carbonyl (C=O) groups excluding carboxylic acids is 1. The van der Waals surface area contributed by atoms with Gasteiger partial charge in [-0.25, -0.2) is 0 Å². The summed E-state index contributed by atoms with van der Waals surface area (Å²) in [7, 11) is 0. The minimum Gasteiger partial charge on any atom is -0.299 e. The van der Waals surface area contributed by atoms with Gasteiger partial charge in [0.25, 0.3) is 0 Å². The van der Waals surface area contributed by atoms with E-state index in [4.69, 9.17) is 0 Å². The van der Waals surface area contributed by atoms with Crippen molar-refractivity contribution < 1.29 is 4.79 Å². The van der Waals surface area contributed by atoms with E-state index < -0.39 is 0 Å². The van der Waals surface area contributed by atoms with Gasteiger partial charge in [-0.05, 0) is 13.0 Å². The highest BCUT2D eigenvalue weighted by molar-refractivity contribution is 5.79. The molecule has 0 aliphatic rings. The molecule has 0 heterocycles. The molecule has 0 saturated heterocycles. The van der Waals surface area contributed by atoms with E-state index in [1.807, 2.05) is 6.92 Å². The summed E-state index contributed by atoms with van der Waals surface area (Å²) in [5, 5.41) is 0. The third-order valence-electron chi connectivity index (χ3n) is 1.01. The Labute approximate surface area is 49.7 Å². The number of carbonyl (C=O) groups is 1. The van der Waals surface area contributed by atoms with Crippen molar-refractivity contribution in [1.29, 1.82) is 0 Å². The van der Waals surface area contributed by atoms with E-state index >= 15 is 0 Å². The first-order valence-corrected chi connectivity index (χ1v) is 2.55. The highest BCUT2D eigenvalue weighted by Crippen LogP contribution is 1.95. The van der Waals surface area contributed by atoms with E-state index in [9.17, 15) is 4.79 Å². The van der Waals surface area contributed by atoms with Crippen LogP contribution >= 0.6 is 0 Å². The van der Waals surface area contributed by atoms with Gasteiger partial charge < -0.3 is 0 Å². The Morgan fingerprint density at radius 2 is 2.38 bits per heavy atom. The fourth-order valence-electron chi connectivity index (χ4n) is 0.294. The summed E-state index contributed by atoms with van der Waals surface area (Å²) in [6.45, 7) is 6.72. The predicted octanol–water partition coefficient (Wildman–Crippen LogP) is 1.55. The second kappa shape index (κ2) is 3.23. The highest BCUT2D eigenvalue weighted by Gasteiger charge is 1.99. The van der Waals surface area contributed by atoms with Gasteiger partial charge in [-0.3, -0.25) is 4.79 Å². The van der Waals surface area contributed by atoms with Crippen LogP contribution in [0.5, 0.6) is 0 Å². The lowest BCUT2D eigenvalue weighted by molar-refractivity contribution is -0.118. The third kappa shape index (κ3) is 2.38. The van der Waals surface area contributed by atoms with Crippen molar-refractivity contribution in [2.45, 2.75) is 13.8 Å². The molecule has 0 aromatic rings. The van der Waals surface area contributed by atoms with Crippen LogP contribution in [0.3, 0.4) is 0 Å². The van der Waals surface area contributed by atoms with Gasteiger partial charge in [0.2, 0.25) is 0 Å². The molecular formula is C7H10O. The SMILES string of the molecule is C=C=CC(C)C(C)=O. The van der Waals surface area contributed by atoms with Crippen LogP contribution < -0.4 is 0 Å². The first kappa shape index (κ1) is 7.19. The molecular weight excluding hydrogens is 100 g/mol. The van der Waals surface area contributed by atoms with Crippen LogP contribution in [0.1, 0.15) is 13.8 Å². The van der Waals surface area contributed by atoms with Crippen molar-refractivity contribution >= 4 is 5.78 Å². The lowest BCUT2D eigenvalue weighted by Crippen LogP contribution is -2.00. The lowest BCUT2D eigenvalue weighted by Gasteiger charge is -1.93. The summed E-state index contributed by atoms with van der Waals surface area (Å²) in [6.07, 6.45) is 1.66. The van der Waals surface area contributed by atoms with E-state index in [-0.39, 0.29) is 11.7 Å². The second-order valence-electron chi connectivity index (χ2n) is 1.77. The minimum absolute atomic E-state index is 0.0208. The van der Waals surface area contributed by atoms with Crippen molar-refractivity contribution in [1.82, 2.24) is 0 Å². The molecule has 0 N–H and O–H groups in total. The van der Waals surface area contributed by atoms with E-state index in [1.54, 1.807) is 13.0 Å². The summed E-state index contributed by atoms with van der Waals surface area (Å²) in [6, 6.07) is 0. The Balaban J connectivity index is 3.82. The molecule has 1 heteroatoms. The Bertz CT molecular complexity index is 127. The molecule has 1 unspecified atom stereocenters. The molecule has 0 radical (unpaired) electrons. The summed E-state index contributed by atoms with van der Waals surface area (Å²) in [4.78, 5) is 10.4. The average molecular weight is 110 g/mol. The van der Waals surface area contributed by atoms with Crippen molar-refractivity contribution in [2.24, 2.45) is 5.92 Å². The van der Waals surface area contributed by atoms with E-state index in [1.165, 1.54) is 0 Å². The predicted molar refractivity (Wildman–Crippen MR) is 33.6 cm³/mol. The zero-order valence-corrected chi connectivity index (χ0v) is 5.27. The molecule has 0 fully saturated rings. The van der Waals surface area contributed by atoms with Crippen molar-refractivity contribution in [3.63, 3.8) is 0 Å². The Kier molecular flexibility index (Phi) is 2.90. The van der Waals surface area contributed by atoms with Gasteiger partial charge in [0.05, 0.1) is 0 Å². The van der Waals surface area contributed by atoms with Gasteiger partial charge in [0.1, 0.15) is 5.78 Å². The summed E-state index contributed by atoms with van der Waals surface area (Å²) >= 11 is 0. The fraction of sp³-hybridized carbons (Fsp3) is 0.429. The van der Waals surface area contributed by atoms with Gasteiger partial charge in [0, 0.05) is 5.92 Å². The molecule has 44 valence electrons. The van der Waals surface area contributed by atoms with Crippen LogP contribution in [-0.2, 0) is 4.79 Å². The van der Waals surface area contributed by atoms with Crippen LogP contribution in [0.15, 0.2) is 18.4 Å². The smallest absolute Gasteiger partial charge is 0.137 e. The van der Waals surface area contributed by atoms with Crippen LogP contribution in [0.2, 0.25) is 0 Å². The molecule has 0 saturated carbocycles. The number of hydrogen-bond donors (Lipinski definition) is 0. The lowest BCUT2D eigenvalue weighted by atomic mass is 10.1. The fourth-order valence-corrected chi connectivity index (χ4v) is 0.294. The number of allylic oxidation sites excluding steroid dienone is 1. The molecule has 0 amide bonds. The summed E-state index contributed by atoms with van der Waals surface area (Å²) in [5.41, 5.74) is 2.55. The topological polar surface area (TPSA) is 17.1 Å². The Morgan fingerprint density at radius 1 is 1.88 bits per heavy atom. The number of rotatable bonds is 2. The Morgan fingerprint density at radius 3 is 2.50 bits per heavy atom. The average Bonchev–Trinajstić information content (AvgIpc) is 1.67. The number of hydrogen-bond acceptors (Lipinski definition) is 1. The standard InChI is InChI=1S/C7H10O/c1-4-5-6(2)7(3)8/h5-6H,1H2,2-3H3. The van der Waals surface area contributed by atoms with Gasteiger partial charge in [-0.1, -0.05) is 13.5 Å². The first-order chi connectivity index (χ1) is 3.68. The molecule has 0 aromatic heterocycles. The summed E-state index contributed by atoms with van der Waals surface area (Å²) < 4.78 is 0. The maximum absolute atomic E-state index is 10.4. The Hall–Kier alpha value is -0.810. The normalized spacial score (nSPS) is 11.8. The largest absolute Gasteiger partial charge is 0.299 e. The van der Waals surface area contributed by atoms with Gasteiger partial charge in [-0.2, -0.15) is 0 Å². The van der Waals surface area contributed by atoms with Gasteiger partial charge in [0.15, 0.2) is 0 Å². The molecule has 0 aliphatic carbocycles. The second-order valence-corrected chi connectivity index (χ2v) is 1.77. The first-order valence-electron chi connectivity index (χ1n) is 2.55. The van der Waals surface area contributed by atoms with E-state index in [0.717, 1.165) is 0 Å². The van der Waals surface area contributed by atoms with E-state index in [0.29, 0.717) is 0 Å². The van der Waals surface area contributed by atoms with Crippen molar-refractivity contribution in [2.75, 3.05) is 0 Å². The molecule has 0 aromatic carbocycles. The molecule has 0 spiro atoms. The molecule has 1 nitrogen and oxygen atoms in total. The van der Waals surface area contributed by atoms with E-state index in [2.05, 4.69) is 12.3 Å². The molecule has 0 bridgehead atoms. The highest BCUT2D eigenvalue weighted by atomic mass is 16.1. The molecule has 8 heavy (non-hydrogen) atoms. The van der Waals surface area contributed by atoms with Crippen LogP contribution in [0.25, 0.3) is 0 Å². The quantitative estimate of drug-likeness (QED) is 0.493. The number of ketones is 1. The van der Waals surface area contributed by atoms with Crippen LogP contribution in [0, 0.1) is 5.92 Å². The van der Waals surface area contributed by atoms with Gasteiger partial charge in [-0.15, -0.1) is 5.73 Å². The van der Waals surface area contributed by atoms with Crippen molar-refractivity contribution in [3.8, 4) is 0 Å². The van der Waals surface area contributed by atoms with Crippen LogP contribution in [-0.4, -0.2) is 5.78 Å². The molecule has 0 rings (SSSR count). The zero-order valence-electron chi connectivity index (χ0n) is 5.27. The molecule has 0 aliphatic heterocycles. The minimum atomic E-state index is -0.0208. The molecule has 1 atom stereocenters. The van der Waals surface area contributed by atoms with Crippen LogP contribution in [0.4, 0.5) is 0 Å². The maximum atomic E-state index is 10.4. The van der Waals surface area contributed by atoms with Gasteiger partial charge >= 0.3 is 0 Å². The third-order valence-corrected chi connectivity index (χ3v) is 1.01. The maximum Gasteiger partial charge on any atom is 0.137 e. The van der Waals surface area contributed by atoms with Crippen molar-refractivity contribution in [3.05, 3.63) is 18.4 Å². The number of Topliss-reactive ketones (excluding diaryl/α,β-unsaturated/α-hetero) is 1. The summed E-state index contributed by atoms with van der Waals surface area (Å²) in [5.74, 6) is 0.133.